The molecule has 2 heterocycles. The molecule has 0 aliphatic carbocycles. The first-order valence-corrected chi connectivity index (χ1v) is 8.68. The van der Waals surface area contributed by atoms with Gasteiger partial charge in [-0.1, -0.05) is 6.07 Å². The molecule has 2 N–H and O–H groups in total. The number of hydrogen-bond acceptors (Lipinski definition) is 7. The molecule has 0 atom stereocenters. The van der Waals surface area contributed by atoms with Crippen LogP contribution >= 0.6 is 0 Å². The Morgan fingerprint density at radius 1 is 1.26 bits per heavy atom. The molecule has 0 radical (unpaired) electrons. The van der Waals surface area contributed by atoms with Gasteiger partial charge in [0.15, 0.2) is 0 Å². The summed E-state index contributed by atoms with van der Waals surface area (Å²) in [5.41, 5.74) is 2.69. The number of benzene rings is 1. The van der Waals surface area contributed by atoms with Crippen LogP contribution in [0.15, 0.2) is 24.5 Å². The Labute approximate surface area is 156 Å². The summed E-state index contributed by atoms with van der Waals surface area (Å²) in [5.74, 6) is -0.919. The lowest BCUT2D eigenvalue weighted by atomic mass is 9.97. The first kappa shape index (κ1) is 18.6. The van der Waals surface area contributed by atoms with Gasteiger partial charge in [0.05, 0.1) is 10.8 Å². The summed E-state index contributed by atoms with van der Waals surface area (Å²) in [4.78, 5) is 32.3. The molecule has 0 bridgehead atoms. The summed E-state index contributed by atoms with van der Waals surface area (Å²) in [6, 6.07) is 5.67. The number of nitrogens with one attached hydrogen (secondary N) is 1. The van der Waals surface area contributed by atoms with E-state index in [1.807, 2.05) is 32.0 Å². The van der Waals surface area contributed by atoms with Gasteiger partial charge in [0.2, 0.25) is 11.6 Å². The van der Waals surface area contributed by atoms with Gasteiger partial charge in [-0.25, -0.2) is 9.97 Å². The van der Waals surface area contributed by atoms with Crippen molar-refractivity contribution in [3.8, 4) is 0 Å². The minimum absolute atomic E-state index is 0.119. The normalized spacial score (nSPS) is 14.8. The fraction of sp³-hybridized carbons (Fsp3) is 0.389. The highest BCUT2D eigenvalue weighted by atomic mass is 16.6. The Bertz CT molecular complexity index is 878. The third-order valence-corrected chi connectivity index (χ3v) is 4.90. The number of anilines is 3. The number of carboxylic acids is 1. The summed E-state index contributed by atoms with van der Waals surface area (Å²) in [6.07, 6.45) is 2.14. The summed E-state index contributed by atoms with van der Waals surface area (Å²) in [6.45, 7) is 4.76. The second kappa shape index (κ2) is 7.56. The van der Waals surface area contributed by atoms with Gasteiger partial charge in [-0.3, -0.25) is 14.9 Å². The standard InChI is InChI=1S/C18H21N5O4/c1-11-3-4-14(9-12(11)2)21-16-15(23(26)27)17(20-10-19-16)22-7-5-13(6-8-22)18(24)25/h3-4,9-10,13H,5-8H2,1-2H3,(H,24,25)(H,19,20,21). The molecular formula is C18H21N5O4. The van der Waals surface area contributed by atoms with Crippen molar-refractivity contribution >= 4 is 29.0 Å². The van der Waals surface area contributed by atoms with Crippen LogP contribution in [0.4, 0.5) is 23.0 Å². The van der Waals surface area contributed by atoms with Crippen molar-refractivity contribution in [2.75, 3.05) is 23.3 Å². The van der Waals surface area contributed by atoms with E-state index in [0.717, 1.165) is 11.1 Å². The molecule has 1 saturated heterocycles. The van der Waals surface area contributed by atoms with E-state index >= 15 is 0 Å². The fourth-order valence-corrected chi connectivity index (χ4v) is 3.15. The maximum Gasteiger partial charge on any atom is 0.353 e. The van der Waals surface area contributed by atoms with E-state index in [1.165, 1.54) is 6.33 Å². The van der Waals surface area contributed by atoms with Crippen LogP contribution in [0.3, 0.4) is 0 Å². The van der Waals surface area contributed by atoms with Gasteiger partial charge in [-0.2, -0.15) is 0 Å². The highest BCUT2D eigenvalue weighted by Crippen LogP contribution is 2.35. The van der Waals surface area contributed by atoms with Gasteiger partial charge in [0.25, 0.3) is 0 Å². The van der Waals surface area contributed by atoms with Crippen molar-refractivity contribution < 1.29 is 14.8 Å². The predicted octanol–water partition coefficient (Wildman–Crippen LogP) is 3.05. The summed E-state index contributed by atoms with van der Waals surface area (Å²) < 4.78 is 0. The average molecular weight is 371 g/mol. The van der Waals surface area contributed by atoms with E-state index in [9.17, 15) is 14.9 Å². The van der Waals surface area contributed by atoms with E-state index in [2.05, 4.69) is 15.3 Å². The van der Waals surface area contributed by atoms with Gasteiger partial charge >= 0.3 is 11.7 Å². The predicted molar refractivity (Wildman–Crippen MR) is 100 cm³/mol. The maximum absolute atomic E-state index is 11.7. The summed E-state index contributed by atoms with van der Waals surface area (Å²) in [5, 5.41) is 23.9. The molecule has 1 aromatic carbocycles. The third-order valence-electron chi connectivity index (χ3n) is 4.90. The van der Waals surface area contributed by atoms with Crippen LogP contribution in [-0.2, 0) is 4.79 Å². The molecule has 142 valence electrons. The Morgan fingerprint density at radius 3 is 2.56 bits per heavy atom. The van der Waals surface area contributed by atoms with Gasteiger partial charge in [-0.05, 0) is 49.9 Å². The monoisotopic (exact) mass is 371 g/mol. The average Bonchev–Trinajstić information content (AvgIpc) is 2.64. The van der Waals surface area contributed by atoms with Crippen LogP contribution < -0.4 is 10.2 Å². The molecule has 0 saturated carbocycles. The Morgan fingerprint density at radius 2 is 1.96 bits per heavy atom. The Hall–Kier alpha value is -3.23. The van der Waals surface area contributed by atoms with Crippen LogP contribution in [-0.4, -0.2) is 39.1 Å². The van der Waals surface area contributed by atoms with Crippen molar-refractivity contribution in [1.29, 1.82) is 0 Å². The first-order chi connectivity index (χ1) is 12.9. The number of nitro groups is 1. The molecule has 1 aliphatic heterocycles. The quantitative estimate of drug-likeness (QED) is 0.607. The number of aromatic nitrogens is 2. The molecule has 2 aromatic rings. The minimum atomic E-state index is -0.830. The number of piperidine rings is 1. The lowest BCUT2D eigenvalue weighted by Crippen LogP contribution is -2.37. The van der Waals surface area contributed by atoms with Crippen molar-refractivity contribution in [3.05, 3.63) is 45.8 Å². The molecule has 9 heteroatoms. The molecule has 3 rings (SSSR count). The second-order valence-electron chi connectivity index (χ2n) is 6.68. The second-order valence-corrected chi connectivity index (χ2v) is 6.68. The van der Waals surface area contributed by atoms with Crippen molar-refractivity contribution in [3.63, 3.8) is 0 Å². The first-order valence-electron chi connectivity index (χ1n) is 8.68. The van der Waals surface area contributed by atoms with Crippen molar-refractivity contribution in [2.45, 2.75) is 26.7 Å². The number of hydrogen-bond donors (Lipinski definition) is 2. The third kappa shape index (κ3) is 3.97. The van der Waals surface area contributed by atoms with Gasteiger partial charge in [-0.15, -0.1) is 0 Å². The van der Waals surface area contributed by atoms with Gasteiger partial charge < -0.3 is 15.3 Å². The number of carbonyl (C=O) groups is 1. The van der Waals surface area contributed by atoms with E-state index in [0.29, 0.717) is 31.6 Å². The van der Waals surface area contributed by atoms with E-state index in [-0.39, 0.29) is 17.3 Å². The number of carboxylic acid groups (broad SMARTS) is 1. The largest absolute Gasteiger partial charge is 0.481 e. The Balaban J connectivity index is 1.90. The van der Waals surface area contributed by atoms with Crippen LogP contribution in [0.2, 0.25) is 0 Å². The smallest absolute Gasteiger partial charge is 0.353 e. The maximum atomic E-state index is 11.7. The molecule has 27 heavy (non-hydrogen) atoms. The zero-order chi connectivity index (χ0) is 19.6. The van der Waals surface area contributed by atoms with E-state index in [4.69, 9.17) is 5.11 Å². The number of aliphatic carboxylic acids is 1. The van der Waals surface area contributed by atoms with E-state index < -0.39 is 16.8 Å². The van der Waals surface area contributed by atoms with Crippen molar-refractivity contribution in [2.24, 2.45) is 5.92 Å². The molecular weight excluding hydrogens is 350 g/mol. The summed E-state index contributed by atoms with van der Waals surface area (Å²) >= 11 is 0. The number of rotatable bonds is 5. The number of nitrogens with zero attached hydrogens (tertiary/aromatic N) is 4. The van der Waals surface area contributed by atoms with E-state index in [1.54, 1.807) is 4.90 Å². The highest BCUT2D eigenvalue weighted by Gasteiger charge is 2.31. The SMILES string of the molecule is Cc1ccc(Nc2ncnc(N3CCC(C(=O)O)CC3)c2[N+](=O)[O-])cc1C. The molecule has 1 fully saturated rings. The molecule has 1 aromatic heterocycles. The minimum Gasteiger partial charge on any atom is -0.481 e. The molecule has 0 spiro atoms. The molecule has 1 aliphatic rings. The zero-order valence-corrected chi connectivity index (χ0v) is 15.2. The highest BCUT2D eigenvalue weighted by molar-refractivity contribution is 5.75. The molecule has 0 amide bonds. The lowest BCUT2D eigenvalue weighted by molar-refractivity contribution is -0.383. The van der Waals surface area contributed by atoms with Crippen LogP contribution in [0.1, 0.15) is 24.0 Å². The number of aryl methyl sites for hydroxylation is 2. The lowest BCUT2D eigenvalue weighted by Gasteiger charge is -2.30. The van der Waals surface area contributed by atoms with Crippen molar-refractivity contribution in [1.82, 2.24) is 9.97 Å². The zero-order valence-electron chi connectivity index (χ0n) is 15.2. The van der Waals surface area contributed by atoms with Crippen LogP contribution in [0.5, 0.6) is 0 Å². The van der Waals surface area contributed by atoms with Crippen LogP contribution in [0.25, 0.3) is 0 Å². The van der Waals surface area contributed by atoms with Gasteiger partial charge in [0, 0.05) is 18.8 Å². The van der Waals surface area contributed by atoms with Gasteiger partial charge in [0.1, 0.15) is 6.33 Å². The Kier molecular flexibility index (Phi) is 5.20. The fourth-order valence-electron chi connectivity index (χ4n) is 3.15. The summed E-state index contributed by atoms with van der Waals surface area (Å²) in [7, 11) is 0. The molecule has 0 unspecified atom stereocenters. The van der Waals surface area contributed by atoms with Crippen LogP contribution in [0, 0.1) is 29.9 Å². The molecule has 9 nitrogen and oxygen atoms in total. The topological polar surface area (TPSA) is 121 Å².